The van der Waals surface area contributed by atoms with Gasteiger partial charge in [-0.25, -0.2) is 24.7 Å². The lowest BCUT2D eigenvalue weighted by Gasteiger charge is -2.20. The van der Waals surface area contributed by atoms with E-state index >= 15 is 0 Å². The van der Waals surface area contributed by atoms with Crippen molar-refractivity contribution in [2.45, 2.75) is 38.3 Å². The van der Waals surface area contributed by atoms with Gasteiger partial charge in [0.05, 0.1) is 22.1 Å². The predicted molar refractivity (Wildman–Crippen MR) is 120 cm³/mol. The molecule has 10 heteroatoms. The van der Waals surface area contributed by atoms with Gasteiger partial charge < -0.3 is 10.1 Å². The lowest BCUT2D eigenvalue weighted by molar-refractivity contribution is 0.0636. The van der Waals surface area contributed by atoms with Crippen molar-refractivity contribution in [1.29, 1.82) is 0 Å². The molecule has 2 heterocycles. The van der Waals surface area contributed by atoms with Gasteiger partial charge in [-0.1, -0.05) is 6.07 Å². The van der Waals surface area contributed by atoms with Crippen LogP contribution in [-0.2, 0) is 15.5 Å². The fourth-order valence-electron chi connectivity index (χ4n) is 2.64. The molecule has 31 heavy (non-hydrogen) atoms. The summed E-state index contributed by atoms with van der Waals surface area (Å²) in [5.74, 6) is 0.513. The summed E-state index contributed by atoms with van der Waals surface area (Å²) in [6, 6.07) is 7.10. The van der Waals surface area contributed by atoms with Gasteiger partial charge in [-0.05, 0) is 51.5 Å². The maximum Gasteiger partial charge on any atom is 0.412 e. The number of anilines is 3. The topological polar surface area (TPSA) is 119 Å². The number of ether oxygens (including phenoxy) is 1. The third-order valence-electron chi connectivity index (χ3n) is 4.06. The summed E-state index contributed by atoms with van der Waals surface area (Å²) in [4.78, 5) is 28.8. The predicted octanol–water partition coefficient (Wildman–Crippen LogP) is 4.07. The number of benzene rings is 1. The molecule has 1 aromatic carbocycles. The number of nitrogens with one attached hydrogen (secondary N) is 2. The average molecular weight is 441 g/mol. The van der Waals surface area contributed by atoms with Crippen LogP contribution in [0.15, 0.2) is 48.1 Å². The van der Waals surface area contributed by atoms with E-state index in [4.69, 9.17) is 4.74 Å². The van der Waals surface area contributed by atoms with Crippen LogP contribution in [0.4, 0.5) is 22.0 Å². The minimum atomic E-state index is -1.24. The first-order valence-corrected chi connectivity index (χ1v) is 11.0. The first-order valence-electron chi connectivity index (χ1n) is 9.46. The summed E-state index contributed by atoms with van der Waals surface area (Å²) in [7, 11) is -1.24. The summed E-state index contributed by atoms with van der Waals surface area (Å²) < 4.78 is 17.1. The van der Waals surface area contributed by atoms with Crippen molar-refractivity contribution in [3.63, 3.8) is 0 Å². The third-order valence-corrected chi connectivity index (χ3v) is 4.87. The molecule has 1 amide bonds. The molecule has 0 aliphatic heterocycles. The van der Waals surface area contributed by atoms with Gasteiger partial charge in [0.1, 0.15) is 29.1 Å². The number of aromatic nitrogens is 4. The number of carbonyl (C=O) groups is 1. The summed E-state index contributed by atoms with van der Waals surface area (Å²) in [5.41, 5.74) is 2.83. The first kappa shape index (κ1) is 22.3. The van der Waals surface area contributed by atoms with Crippen LogP contribution >= 0.6 is 0 Å². The summed E-state index contributed by atoms with van der Waals surface area (Å²) in [6.07, 6.45) is 5.42. The van der Waals surface area contributed by atoms with Crippen LogP contribution in [0.5, 0.6) is 0 Å². The fraction of sp³-hybridized carbons (Fsp3) is 0.286. The molecule has 1 unspecified atom stereocenters. The second-order valence-corrected chi connectivity index (χ2v) is 9.09. The number of carbonyl (C=O) groups excluding carboxylic acids is 1. The molecule has 0 aliphatic carbocycles. The van der Waals surface area contributed by atoms with Crippen LogP contribution in [0.2, 0.25) is 0 Å². The normalized spacial score (nSPS) is 12.2. The van der Waals surface area contributed by atoms with E-state index in [9.17, 15) is 9.00 Å². The molecule has 2 aromatic heterocycles. The molecule has 0 spiro atoms. The Morgan fingerprint density at radius 3 is 2.58 bits per heavy atom. The quantitative estimate of drug-likeness (QED) is 0.570. The SMILES string of the molecule is Cc1ccc(NC(=O)OC(C)(C)C)cc1Nc1ncncc1-c1cc(S(C)=O)ncn1. The van der Waals surface area contributed by atoms with E-state index in [-0.39, 0.29) is 0 Å². The molecule has 0 saturated carbocycles. The number of hydrogen-bond acceptors (Lipinski definition) is 8. The molecule has 0 bridgehead atoms. The van der Waals surface area contributed by atoms with Gasteiger partial charge in [-0.15, -0.1) is 0 Å². The van der Waals surface area contributed by atoms with Gasteiger partial charge in [0.25, 0.3) is 0 Å². The van der Waals surface area contributed by atoms with Crippen LogP contribution in [0.1, 0.15) is 26.3 Å². The van der Waals surface area contributed by atoms with Gasteiger partial charge in [0.2, 0.25) is 0 Å². The highest BCUT2D eigenvalue weighted by atomic mass is 32.2. The molecule has 2 N–H and O–H groups in total. The van der Waals surface area contributed by atoms with Gasteiger partial charge in [0.15, 0.2) is 0 Å². The van der Waals surface area contributed by atoms with Gasteiger partial charge in [-0.3, -0.25) is 9.53 Å². The lowest BCUT2D eigenvalue weighted by Crippen LogP contribution is -2.27. The number of aryl methyl sites for hydroxylation is 1. The highest BCUT2D eigenvalue weighted by Gasteiger charge is 2.17. The summed E-state index contributed by atoms with van der Waals surface area (Å²) in [5, 5.41) is 6.42. The van der Waals surface area contributed by atoms with Gasteiger partial charge in [-0.2, -0.15) is 0 Å². The standard InChI is InChI=1S/C21H24N6O3S/c1-13-6-7-14(26-20(28)30-21(2,3)4)8-16(13)27-19-15(10-22-11-25-19)17-9-18(31(5)29)24-12-23-17/h6-12H,1-5H3,(H,26,28)(H,22,25,27). The van der Waals surface area contributed by atoms with Crippen molar-refractivity contribution in [1.82, 2.24) is 19.9 Å². The minimum absolute atomic E-state index is 0.416. The van der Waals surface area contributed by atoms with E-state index in [1.165, 1.54) is 12.7 Å². The molecule has 9 nitrogen and oxygen atoms in total. The van der Waals surface area contributed by atoms with E-state index in [1.54, 1.807) is 51.4 Å². The Morgan fingerprint density at radius 2 is 1.87 bits per heavy atom. The van der Waals surface area contributed by atoms with Crippen LogP contribution in [0, 0.1) is 6.92 Å². The van der Waals surface area contributed by atoms with E-state index in [0.717, 1.165) is 11.3 Å². The van der Waals surface area contributed by atoms with E-state index in [2.05, 4.69) is 30.6 Å². The highest BCUT2D eigenvalue weighted by molar-refractivity contribution is 7.84. The zero-order valence-electron chi connectivity index (χ0n) is 18.0. The van der Waals surface area contributed by atoms with E-state index < -0.39 is 22.5 Å². The Bertz CT molecular complexity index is 1130. The zero-order chi connectivity index (χ0) is 22.6. The number of nitrogens with zero attached hydrogens (tertiary/aromatic N) is 4. The van der Waals surface area contributed by atoms with Crippen molar-refractivity contribution in [2.75, 3.05) is 16.9 Å². The molecule has 0 fully saturated rings. The number of rotatable bonds is 5. The maximum absolute atomic E-state index is 12.1. The van der Waals surface area contributed by atoms with Crippen LogP contribution in [0.25, 0.3) is 11.3 Å². The monoisotopic (exact) mass is 440 g/mol. The van der Waals surface area contributed by atoms with E-state index in [1.807, 2.05) is 13.0 Å². The maximum atomic E-state index is 12.1. The Labute approximate surface area is 183 Å². The zero-order valence-corrected chi connectivity index (χ0v) is 18.8. The molecule has 1 atom stereocenters. The largest absolute Gasteiger partial charge is 0.444 e. The molecule has 0 saturated heterocycles. The van der Waals surface area contributed by atoms with Crippen LogP contribution in [0.3, 0.4) is 0 Å². The van der Waals surface area contributed by atoms with Crippen molar-refractivity contribution in [3.8, 4) is 11.3 Å². The van der Waals surface area contributed by atoms with Crippen LogP contribution < -0.4 is 10.6 Å². The van der Waals surface area contributed by atoms with Crippen molar-refractivity contribution in [2.24, 2.45) is 0 Å². The van der Waals surface area contributed by atoms with Crippen molar-refractivity contribution >= 4 is 34.1 Å². The molecular formula is C21H24N6O3S. The molecule has 0 aliphatic rings. The second kappa shape index (κ2) is 9.17. The average Bonchev–Trinajstić information content (AvgIpc) is 2.69. The third kappa shape index (κ3) is 6.05. The molecule has 0 radical (unpaired) electrons. The smallest absolute Gasteiger partial charge is 0.412 e. The molecule has 3 rings (SSSR count). The Hall–Kier alpha value is -3.40. The summed E-state index contributed by atoms with van der Waals surface area (Å²) in [6.45, 7) is 7.34. The Morgan fingerprint density at radius 1 is 1.10 bits per heavy atom. The van der Waals surface area contributed by atoms with Crippen LogP contribution in [-0.4, -0.2) is 42.1 Å². The molecular weight excluding hydrogens is 416 g/mol. The Balaban J connectivity index is 1.89. The van der Waals surface area contributed by atoms with Crippen molar-refractivity contribution < 1.29 is 13.7 Å². The number of hydrogen-bond donors (Lipinski definition) is 2. The first-order chi connectivity index (χ1) is 14.6. The van der Waals surface area contributed by atoms with E-state index in [0.29, 0.717) is 27.8 Å². The fourth-order valence-corrected chi connectivity index (χ4v) is 3.12. The highest BCUT2D eigenvalue weighted by Crippen LogP contribution is 2.29. The Kier molecular flexibility index (Phi) is 6.59. The minimum Gasteiger partial charge on any atom is -0.444 e. The molecule has 3 aromatic rings. The van der Waals surface area contributed by atoms with Gasteiger partial charge in [0, 0.05) is 23.8 Å². The second-order valence-electron chi connectivity index (χ2n) is 7.76. The van der Waals surface area contributed by atoms with Crippen molar-refractivity contribution in [3.05, 3.63) is 48.7 Å². The van der Waals surface area contributed by atoms with Gasteiger partial charge >= 0.3 is 6.09 Å². The summed E-state index contributed by atoms with van der Waals surface area (Å²) >= 11 is 0. The molecule has 162 valence electrons. The number of amides is 1. The lowest BCUT2D eigenvalue weighted by atomic mass is 10.1.